The number of nitrogens with zero attached hydrogens (tertiary/aromatic N) is 1. The van der Waals surface area contributed by atoms with Crippen LogP contribution < -0.4 is 5.32 Å². The standard InChI is InChI=1S/C23H24N2O3S/c1-3-28-23(27)21-18-11-12-25(2)14-19(18)29-22(21)24-20(26)13-16-9-6-8-15-7-4-5-10-17(15)16/h4-10H,3,11-14H2,1-2H3,(H,24,26). The van der Waals surface area contributed by atoms with Gasteiger partial charge in [-0.15, -0.1) is 11.3 Å². The van der Waals surface area contributed by atoms with Crippen molar-refractivity contribution < 1.29 is 14.3 Å². The molecule has 29 heavy (non-hydrogen) atoms. The van der Waals surface area contributed by atoms with Gasteiger partial charge in [-0.3, -0.25) is 4.79 Å². The maximum atomic E-state index is 12.9. The highest BCUT2D eigenvalue weighted by molar-refractivity contribution is 7.17. The molecule has 3 aromatic rings. The number of esters is 1. The summed E-state index contributed by atoms with van der Waals surface area (Å²) in [5.41, 5.74) is 2.53. The first-order chi connectivity index (χ1) is 14.1. The second-order valence-electron chi connectivity index (χ2n) is 7.28. The Balaban J connectivity index is 1.61. The van der Waals surface area contributed by atoms with E-state index in [1.54, 1.807) is 6.92 Å². The van der Waals surface area contributed by atoms with E-state index in [4.69, 9.17) is 4.74 Å². The summed E-state index contributed by atoms with van der Waals surface area (Å²) in [7, 11) is 2.06. The smallest absolute Gasteiger partial charge is 0.341 e. The predicted molar refractivity (Wildman–Crippen MR) is 117 cm³/mol. The molecule has 0 saturated heterocycles. The molecule has 0 unspecified atom stereocenters. The van der Waals surface area contributed by atoms with Crippen LogP contribution >= 0.6 is 11.3 Å². The summed E-state index contributed by atoms with van der Waals surface area (Å²) in [4.78, 5) is 28.8. The lowest BCUT2D eigenvalue weighted by atomic mass is 10.0. The van der Waals surface area contributed by atoms with Gasteiger partial charge >= 0.3 is 5.97 Å². The largest absolute Gasteiger partial charge is 0.462 e. The quantitative estimate of drug-likeness (QED) is 0.642. The molecule has 1 N–H and O–H groups in total. The van der Waals surface area contributed by atoms with Crippen LogP contribution in [0.1, 0.15) is 33.3 Å². The number of amides is 1. The second-order valence-corrected chi connectivity index (χ2v) is 8.38. The van der Waals surface area contributed by atoms with Gasteiger partial charge in [0.1, 0.15) is 5.00 Å². The van der Waals surface area contributed by atoms with Crippen LogP contribution in [-0.2, 0) is 28.9 Å². The van der Waals surface area contributed by atoms with Crippen LogP contribution in [0.4, 0.5) is 5.00 Å². The molecule has 0 spiro atoms. The Morgan fingerprint density at radius 3 is 2.79 bits per heavy atom. The summed E-state index contributed by atoms with van der Waals surface area (Å²) in [5.74, 6) is -0.478. The summed E-state index contributed by atoms with van der Waals surface area (Å²) in [6, 6.07) is 14.0. The summed E-state index contributed by atoms with van der Waals surface area (Å²) in [5, 5.41) is 5.78. The number of hydrogen-bond donors (Lipinski definition) is 1. The Labute approximate surface area is 174 Å². The molecule has 1 aliphatic rings. The fourth-order valence-corrected chi connectivity index (χ4v) is 5.16. The van der Waals surface area contributed by atoms with Gasteiger partial charge in [0.05, 0.1) is 18.6 Å². The highest BCUT2D eigenvalue weighted by atomic mass is 32.1. The number of anilines is 1. The van der Waals surface area contributed by atoms with Crippen LogP contribution in [0.3, 0.4) is 0 Å². The van der Waals surface area contributed by atoms with Gasteiger partial charge in [0.15, 0.2) is 0 Å². The van der Waals surface area contributed by atoms with Crippen molar-refractivity contribution in [2.45, 2.75) is 26.3 Å². The molecule has 0 fully saturated rings. The van der Waals surface area contributed by atoms with E-state index in [1.165, 1.54) is 11.3 Å². The third kappa shape index (κ3) is 4.04. The van der Waals surface area contributed by atoms with E-state index in [0.29, 0.717) is 17.2 Å². The Hall–Kier alpha value is -2.70. The summed E-state index contributed by atoms with van der Waals surface area (Å²) in [6.45, 7) is 3.78. The number of fused-ring (bicyclic) bond motifs is 2. The third-order valence-electron chi connectivity index (χ3n) is 5.21. The van der Waals surface area contributed by atoms with Crippen LogP contribution in [0.5, 0.6) is 0 Å². The lowest BCUT2D eigenvalue weighted by Crippen LogP contribution is -2.26. The van der Waals surface area contributed by atoms with Crippen molar-refractivity contribution in [2.24, 2.45) is 0 Å². The topological polar surface area (TPSA) is 58.6 Å². The normalized spacial score (nSPS) is 13.9. The number of nitrogens with one attached hydrogen (secondary N) is 1. The number of thiophene rings is 1. The molecule has 1 amide bonds. The molecule has 0 radical (unpaired) electrons. The summed E-state index contributed by atoms with van der Waals surface area (Å²) in [6.07, 6.45) is 1.04. The number of benzene rings is 2. The predicted octanol–water partition coefficient (Wildman–Crippen LogP) is 4.25. The van der Waals surface area contributed by atoms with Gasteiger partial charge in [0.2, 0.25) is 5.91 Å². The first kappa shape index (κ1) is 19.6. The summed E-state index contributed by atoms with van der Waals surface area (Å²) >= 11 is 1.49. The van der Waals surface area contributed by atoms with Crippen LogP contribution in [0.2, 0.25) is 0 Å². The number of carbonyl (C=O) groups excluding carboxylic acids is 2. The van der Waals surface area contributed by atoms with Crippen molar-refractivity contribution >= 4 is 39.0 Å². The minimum Gasteiger partial charge on any atom is -0.462 e. The van der Waals surface area contributed by atoms with E-state index in [2.05, 4.69) is 17.3 Å². The highest BCUT2D eigenvalue weighted by Crippen LogP contribution is 2.37. The Bertz CT molecular complexity index is 1070. The fraction of sp³-hybridized carbons (Fsp3) is 0.304. The van der Waals surface area contributed by atoms with Crippen LogP contribution in [-0.4, -0.2) is 37.0 Å². The average molecular weight is 409 g/mol. The van der Waals surface area contributed by atoms with Crippen molar-refractivity contribution in [1.29, 1.82) is 0 Å². The molecule has 1 aromatic heterocycles. The minimum absolute atomic E-state index is 0.126. The van der Waals surface area contributed by atoms with E-state index in [0.717, 1.165) is 46.3 Å². The number of rotatable bonds is 5. The molecule has 0 saturated carbocycles. The van der Waals surface area contributed by atoms with Crippen molar-refractivity contribution in [3.8, 4) is 0 Å². The van der Waals surface area contributed by atoms with E-state index >= 15 is 0 Å². The molecule has 5 nitrogen and oxygen atoms in total. The lowest BCUT2D eigenvalue weighted by molar-refractivity contribution is -0.115. The van der Waals surface area contributed by atoms with Crippen LogP contribution in [0, 0.1) is 0 Å². The molecule has 2 aromatic carbocycles. The van der Waals surface area contributed by atoms with Gasteiger partial charge in [-0.2, -0.15) is 0 Å². The average Bonchev–Trinajstić information content (AvgIpc) is 3.05. The monoisotopic (exact) mass is 408 g/mol. The molecule has 0 bridgehead atoms. The fourth-order valence-electron chi connectivity index (χ4n) is 3.83. The maximum Gasteiger partial charge on any atom is 0.341 e. The molecular weight excluding hydrogens is 384 g/mol. The zero-order chi connectivity index (χ0) is 20.4. The molecule has 150 valence electrons. The van der Waals surface area contributed by atoms with Gasteiger partial charge in [0, 0.05) is 18.0 Å². The van der Waals surface area contributed by atoms with E-state index in [1.807, 2.05) is 42.5 Å². The van der Waals surface area contributed by atoms with Crippen LogP contribution in [0.25, 0.3) is 10.8 Å². The zero-order valence-electron chi connectivity index (χ0n) is 16.7. The Kier molecular flexibility index (Phi) is 5.65. The minimum atomic E-state index is -0.352. The molecule has 2 heterocycles. The zero-order valence-corrected chi connectivity index (χ0v) is 17.5. The molecular formula is C23H24N2O3S. The Morgan fingerprint density at radius 2 is 1.97 bits per heavy atom. The van der Waals surface area contributed by atoms with Crippen LogP contribution in [0.15, 0.2) is 42.5 Å². The second kappa shape index (κ2) is 8.35. The van der Waals surface area contributed by atoms with Crippen molar-refractivity contribution in [1.82, 2.24) is 4.90 Å². The maximum absolute atomic E-state index is 12.9. The van der Waals surface area contributed by atoms with Crippen molar-refractivity contribution in [3.05, 3.63) is 64.0 Å². The summed E-state index contributed by atoms with van der Waals surface area (Å²) < 4.78 is 5.28. The molecule has 0 aliphatic carbocycles. The third-order valence-corrected chi connectivity index (χ3v) is 6.34. The highest BCUT2D eigenvalue weighted by Gasteiger charge is 2.28. The first-order valence-corrected chi connectivity index (χ1v) is 10.6. The van der Waals surface area contributed by atoms with Crippen molar-refractivity contribution in [2.75, 3.05) is 25.5 Å². The van der Waals surface area contributed by atoms with Gasteiger partial charge in [-0.25, -0.2) is 4.79 Å². The van der Waals surface area contributed by atoms with Gasteiger partial charge in [-0.05, 0) is 42.3 Å². The number of carbonyl (C=O) groups is 2. The first-order valence-electron chi connectivity index (χ1n) is 9.83. The molecule has 0 atom stereocenters. The van der Waals surface area contributed by atoms with E-state index < -0.39 is 0 Å². The number of hydrogen-bond acceptors (Lipinski definition) is 5. The Morgan fingerprint density at radius 1 is 1.17 bits per heavy atom. The van der Waals surface area contributed by atoms with Gasteiger partial charge in [-0.1, -0.05) is 42.5 Å². The number of ether oxygens (including phenoxy) is 1. The SMILES string of the molecule is CCOC(=O)c1c(NC(=O)Cc2cccc3ccccc23)sc2c1CCN(C)C2. The lowest BCUT2D eigenvalue weighted by Gasteiger charge is -2.22. The van der Waals surface area contributed by atoms with Gasteiger partial charge < -0.3 is 15.0 Å². The molecule has 1 aliphatic heterocycles. The van der Waals surface area contributed by atoms with Gasteiger partial charge in [0.25, 0.3) is 0 Å². The molecule has 6 heteroatoms. The van der Waals surface area contributed by atoms with E-state index in [-0.39, 0.29) is 18.3 Å². The van der Waals surface area contributed by atoms with E-state index in [9.17, 15) is 9.59 Å². The molecule has 4 rings (SSSR count). The number of likely N-dealkylation sites (N-methyl/N-ethyl adjacent to an activating group) is 1. The van der Waals surface area contributed by atoms with Crippen molar-refractivity contribution in [3.63, 3.8) is 0 Å².